The predicted octanol–water partition coefficient (Wildman–Crippen LogP) is 2.01. The van der Waals surface area contributed by atoms with Crippen molar-refractivity contribution in [1.29, 1.82) is 5.26 Å². The van der Waals surface area contributed by atoms with Gasteiger partial charge in [0.2, 0.25) is 5.76 Å². The molecule has 5 nitrogen and oxygen atoms in total. The Balaban J connectivity index is 2.78. The Kier molecular flexibility index (Phi) is 2.77. The van der Waals surface area contributed by atoms with Crippen LogP contribution in [-0.4, -0.2) is 13.0 Å². The van der Waals surface area contributed by atoms with Gasteiger partial charge in [0.15, 0.2) is 0 Å². The number of nitrogen functional groups attached to an aromatic ring is 1. The van der Waals surface area contributed by atoms with Gasteiger partial charge in [-0.25, -0.2) is 0 Å². The number of halogens is 1. The second-order valence-electron chi connectivity index (χ2n) is 3.37. The van der Waals surface area contributed by atoms with E-state index in [1.54, 1.807) is 6.07 Å². The number of hydrogen-bond donors (Lipinski definition) is 2. The first-order chi connectivity index (χ1) is 8.08. The topological polar surface area (TPSA) is 92.0 Å². The van der Waals surface area contributed by atoms with Crippen molar-refractivity contribution in [2.75, 3.05) is 12.8 Å². The minimum atomic E-state index is -0.306. The molecule has 1 amide bonds. The number of carbonyl (C=O) groups is 1. The van der Waals surface area contributed by atoms with Crippen LogP contribution >= 0.6 is 15.9 Å². The molecule has 0 radical (unpaired) electrons. The monoisotopic (exact) mass is 293 g/mol. The van der Waals surface area contributed by atoms with Crippen molar-refractivity contribution in [2.24, 2.45) is 0 Å². The summed E-state index contributed by atoms with van der Waals surface area (Å²) in [4.78, 5) is 11.6. The molecule has 1 aromatic carbocycles. The fraction of sp³-hybridized carbons (Fsp3) is 0.0909. The standard InChI is InChI=1S/C11H8BrN3O2/c1-15-11(16)7-3-8-6(9(12)10(7)14)2-5(4-13)17-8/h2-3H,14H2,1H3,(H,15,16). The number of nitrogens with two attached hydrogens (primary N) is 1. The highest BCUT2D eigenvalue weighted by Crippen LogP contribution is 2.34. The first kappa shape index (κ1) is 11.5. The predicted molar refractivity (Wildman–Crippen MR) is 66.4 cm³/mol. The molecule has 6 heteroatoms. The Morgan fingerprint density at radius 2 is 2.29 bits per heavy atom. The minimum Gasteiger partial charge on any atom is -0.446 e. The summed E-state index contributed by atoms with van der Waals surface area (Å²) in [6.45, 7) is 0. The molecule has 0 saturated heterocycles. The normalized spacial score (nSPS) is 10.2. The lowest BCUT2D eigenvalue weighted by atomic mass is 10.1. The second kappa shape index (κ2) is 4.11. The molecule has 2 rings (SSSR count). The van der Waals surface area contributed by atoms with Gasteiger partial charge in [0.25, 0.3) is 5.91 Å². The molecule has 0 atom stereocenters. The number of nitriles is 1. The van der Waals surface area contributed by atoms with E-state index in [-0.39, 0.29) is 11.7 Å². The van der Waals surface area contributed by atoms with Gasteiger partial charge in [0.05, 0.1) is 15.7 Å². The van der Waals surface area contributed by atoms with Gasteiger partial charge in [-0.1, -0.05) is 0 Å². The lowest BCUT2D eigenvalue weighted by Gasteiger charge is -2.06. The Hall–Kier alpha value is -2.00. The molecule has 0 aliphatic rings. The zero-order chi connectivity index (χ0) is 12.6. The molecule has 0 fully saturated rings. The van der Waals surface area contributed by atoms with E-state index in [1.807, 2.05) is 6.07 Å². The third-order valence-electron chi connectivity index (χ3n) is 2.38. The molecule has 17 heavy (non-hydrogen) atoms. The highest BCUT2D eigenvalue weighted by Gasteiger charge is 2.17. The number of amides is 1. The van der Waals surface area contributed by atoms with Crippen molar-refractivity contribution < 1.29 is 9.21 Å². The molecular weight excluding hydrogens is 286 g/mol. The van der Waals surface area contributed by atoms with Crippen LogP contribution in [0.2, 0.25) is 0 Å². The summed E-state index contributed by atoms with van der Waals surface area (Å²) in [5.41, 5.74) is 6.92. The highest BCUT2D eigenvalue weighted by atomic mass is 79.9. The number of anilines is 1. The van der Waals surface area contributed by atoms with E-state index in [2.05, 4.69) is 21.2 Å². The molecule has 0 aliphatic carbocycles. The Bertz CT molecular complexity index is 655. The van der Waals surface area contributed by atoms with Crippen molar-refractivity contribution in [1.82, 2.24) is 5.32 Å². The van der Waals surface area contributed by atoms with Gasteiger partial charge >= 0.3 is 0 Å². The molecular formula is C11H8BrN3O2. The SMILES string of the molecule is CNC(=O)c1cc2oc(C#N)cc2c(Br)c1N. The number of hydrogen-bond acceptors (Lipinski definition) is 4. The van der Waals surface area contributed by atoms with Gasteiger partial charge < -0.3 is 15.5 Å². The molecule has 0 saturated carbocycles. The molecule has 2 aromatic rings. The van der Waals surface area contributed by atoms with Gasteiger partial charge in [-0.05, 0) is 22.0 Å². The van der Waals surface area contributed by atoms with Crippen LogP contribution in [0, 0.1) is 11.3 Å². The number of benzene rings is 1. The van der Waals surface area contributed by atoms with E-state index in [4.69, 9.17) is 15.4 Å². The zero-order valence-electron chi connectivity index (χ0n) is 8.87. The van der Waals surface area contributed by atoms with E-state index in [0.717, 1.165) is 0 Å². The average molecular weight is 294 g/mol. The number of nitrogens with zero attached hydrogens (tertiary/aromatic N) is 1. The first-order valence-electron chi connectivity index (χ1n) is 4.72. The lowest BCUT2D eigenvalue weighted by molar-refractivity contribution is 0.0964. The molecule has 0 unspecified atom stereocenters. The Morgan fingerprint density at radius 3 is 2.88 bits per heavy atom. The van der Waals surface area contributed by atoms with Crippen molar-refractivity contribution in [3.8, 4) is 6.07 Å². The quantitative estimate of drug-likeness (QED) is 0.787. The molecule has 0 bridgehead atoms. The smallest absolute Gasteiger partial charge is 0.253 e. The van der Waals surface area contributed by atoms with Gasteiger partial charge in [-0.3, -0.25) is 4.79 Å². The molecule has 3 N–H and O–H groups in total. The minimum absolute atomic E-state index is 0.175. The van der Waals surface area contributed by atoms with Crippen molar-refractivity contribution >= 4 is 38.5 Å². The van der Waals surface area contributed by atoms with E-state index in [0.29, 0.717) is 26.7 Å². The molecule has 86 valence electrons. The van der Waals surface area contributed by atoms with Crippen molar-refractivity contribution in [3.63, 3.8) is 0 Å². The van der Waals surface area contributed by atoms with E-state index < -0.39 is 0 Å². The fourth-order valence-corrected chi connectivity index (χ4v) is 2.06. The zero-order valence-corrected chi connectivity index (χ0v) is 10.5. The van der Waals surface area contributed by atoms with Gasteiger partial charge in [-0.2, -0.15) is 5.26 Å². The average Bonchev–Trinajstić information content (AvgIpc) is 2.76. The summed E-state index contributed by atoms with van der Waals surface area (Å²) < 4.78 is 5.82. The largest absolute Gasteiger partial charge is 0.446 e. The summed E-state index contributed by atoms with van der Waals surface area (Å²) >= 11 is 3.30. The third kappa shape index (κ3) is 1.74. The molecule has 1 aromatic heterocycles. The summed E-state index contributed by atoms with van der Waals surface area (Å²) in [6, 6.07) is 4.99. The van der Waals surface area contributed by atoms with Gasteiger partial charge in [0, 0.05) is 18.5 Å². The Labute approximate surface area is 105 Å². The van der Waals surface area contributed by atoms with Crippen LogP contribution in [0.1, 0.15) is 16.1 Å². The second-order valence-corrected chi connectivity index (χ2v) is 4.16. The number of fused-ring (bicyclic) bond motifs is 1. The van der Waals surface area contributed by atoms with Crippen LogP contribution in [0.4, 0.5) is 5.69 Å². The summed E-state index contributed by atoms with van der Waals surface area (Å²) in [5, 5.41) is 11.9. The van der Waals surface area contributed by atoms with Crippen molar-refractivity contribution in [2.45, 2.75) is 0 Å². The molecule has 1 heterocycles. The molecule has 0 aliphatic heterocycles. The summed E-state index contributed by atoms with van der Waals surface area (Å²) in [7, 11) is 1.52. The maximum atomic E-state index is 11.6. The maximum Gasteiger partial charge on any atom is 0.253 e. The van der Waals surface area contributed by atoms with Crippen LogP contribution in [-0.2, 0) is 0 Å². The highest BCUT2D eigenvalue weighted by molar-refractivity contribution is 9.10. The third-order valence-corrected chi connectivity index (χ3v) is 3.24. The number of furan rings is 1. The molecule has 0 spiro atoms. The summed E-state index contributed by atoms with van der Waals surface area (Å²) in [5.74, 6) is -0.130. The van der Waals surface area contributed by atoms with E-state index >= 15 is 0 Å². The van der Waals surface area contributed by atoms with Crippen LogP contribution in [0.3, 0.4) is 0 Å². The van der Waals surface area contributed by atoms with Crippen LogP contribution < -0.4 is 11.1 Å². The summed E-state index contributed by atoms with van der Waals surface area (Å²) in [6.07, 6.45) is 0. The van der Waals surface area contributed by atoms with E-state index in [1.165, 1.54) is 13.1 Å². The van der Waals surface area contributed by atoms with Crippen LogP contribution in [0.25, 0.3) is 11.0 Å². The lowest BCUT2D eigenvalue weighted by Crippen LogP contribution is -2.19. The van der Waals surface area contributed by atoms with E-state index in [9.17, 15) is 4.79 Å². The van der Waals surface area contributed by atoms with Gasteiger partial charge in [-0.15, -0.1) is 0 Å². The van der Waals surface area contributed by atoms with Crippen LogP contribution in [0.5, 0.6) is 0 Å². The maximum absolute atomic E-state index is 11.6. The fourth-order valence-electron chi connectivity index (χ4n) is 1.53. The first-order valence-corrected chi connectivity index (χ1v) is 5.51. The van der Waals surface area contributed by atoms with Crippen LogP contribution in [0.15, 0.2) is 21.0 Å². The number of rotatable bonds is 1. The Morgan fingerprint density at radius 1 is 1.59 bits per heavy atom. The number of nitrogens with one attached hydrogen (secondary N) is 1. The van der Waals surface area contributed by atoms with Gasteiger partial charge in [0.1, 0.15) is 11.7 Å². The number of carbonyl (C=O) groups excluding carboxylic acids is 1. The van der Waals surface area contributed by atoms with Crippen molar-refractivity contribution in [3.05, 3.63) is 27.9 Å².